The first kappa shape index (κ1) is 16.5. The van der Waals surface area contributed by atoms with Crippen LogP contribution in [-0.4, -0.2) is 54.3 Å². The first-order valence-electron chi connectivity index (χ1n) is 7.12. The van der Waals surface area contributed by atoms with Gasteiger partial charge in [-0.15, -0.1) is 0 Å². The zero-order chi connectivity index (χ0) is 15.6. The summed E-state index contributed by atoms with van der Waals surface area (Å²) in [6.45, 7) is 4.03. The molecule has 0 unspecified atom stereocenters. The van der Waals surface area contributed by atoms with Gasteiger partial charge in [0.25, 0.3) is 0 Å². The van der Waals surface area contributed by atoms with Gasteiger partial charge in [0.2, 0.25) is 0 Å². The summed E-state index contributed by atoms with van der Waals surface area (Å²) >= 11 is -1.66. The van der Waals surface area contributed by atoms with E-state index in [0.29, 0.717) is 6.42 Å². The second-order valence-corrected chi connectivity index (χ2v) is 9.21. The SMILES string of the molecule is [CH2]=[Tl][N]1C(=O)C[C@@](C)([C@H](C)c2ccc(CCO)cc2)C1=O. The molecule has 1 aromatic carbocycles. The van der Waals surface area contributed by atoms with Gasteiger partial charge in [0, 0.05) is 0 Å². The number of imide groups is 1. The Bertz CT molecular complexity index is 569. The van der Waals surface area contributed by atoms with Gasteiger partial charge in [0.1, 0.15) is 0 Å². The van der Waals surface area contributed by atoms with Crippen molar-refractivity contribution in [3.8, 4) is 0 Å². The fourth-order valence-corrected chi connectivity index (χ4v) is 5.79. The van der Waals surface area contributed by atoms with E-state index in [1.54, 1.807) is 0 Å². The van der Waals surface area contributed by atoms with E-state index in [9.17, 15) is 9.59 Å². The molecule has 1 heterocycles. The van der Waals surface area contributed by atoms with Crippen LogP contribution in [0, 0.1) is 5.41 Å². The number of carbonyl (C=O) groups excluding carboxylic acids is 2. The van der Waals surface area contributed by atoms with Crippen molar-refractivity contribution in [3.63, 3.8) is 0 Å². The molecule has 110 valence electrons. The van der Waals surface area contributed by atoms with E-state index in [-0.39, 0.29) is 30.8 Å². The molecule has 0 saturated carbocycles. The number of rotatable bonds is 5. The summed E-state index contributed by atoms with van der Waals surface area (Å²) in [7, 11) is 0. The van der Waals surface area contributed by atoms with Gasteiger partial charge < -0.3 is 0 Å². The summed E-state index contributed by atoms with van der Waals surface area (Å²) in [5.74, 6) is -0.0969. The second kappa shape index (κ2) is 6.48. The molecule has 1 saturated heterocycles. The average Bonchev–Trinajstić information content (AvgIpc) is 2.70. The van der Waals surface area contributed by atoms with Gasteiger partial charge in [0.15, 0.2) is 0 Å². The fraction of sp³-hybridized carbons (Fsp3) is 0.438. The third kappa shape index (κ3) is 3.01. The van der Waals surface area contributed by atoms with Crippen LogP contribution in [0.15, 0.2) is 24.3 Å². The van der Waals surface area contributed by atoms with Crippen molar-refractivity contribution in [1.82, 2.24) is 2.71 Å². The number of hydrogen-bond donors (Lipinski definition) is 1. The molecule has 2 atom stereocenters. The molecular formula is C16H20NO3Tl. The summed E-state index contributed by atoms with van der Waals surface area (Å²) < 4.78 is 5.32. The number of hydrogen-bond acceptors (Lipinski definition) is 3. The van der Waals surface area contributed by atoms with E-state index < -0.39 is 29.5 Å². The second-order valence-electron chi connectivity index (χ2n) is 5.78. The summed E-state index contributed by atoms with van der Waals surface area (Å²) in [4.78, 5) is 24.5. The predicted octanol–water partition coefficient (Wildman–Crippen LogP) is 1.14. The Labute approximate surface area is 137 Å². The van der Waals surface area contributed by atoms with Crippen LogP contribution in [0.2, 0.25) is 0 Å². The van der Waals surface area contributed by atoms with Gasteiger partial charge in [-0.2, -0.15) is 0 Å². The zero-order valence-electron chi connectivity index (χ0n) is 12.5. The molecule has 5 heteroatoms. The molecule has 4 nitrogen and oxygen atoms in total. The maximum absolute atomic E-state index is 12.5. The Morgan fingerprint density at radius 3 is 2.48 bits per heavy atom. The molecule has 1 fully saturated rings. The van der Waals surface area contributed by atoms with Crippen LogP contribution in [0.4, 0.5) is 0 Å². The van der Waals surface area contributed by atoms with Gasteiger partial charge in [-0.1, -0.05) is 0 Å². The van der Waals surface area contributed by atoms with Crippen molar-refractivity contribution < 1.29 is 14.7 Å². The Hall–Kier alpha value is -0.888. The molecule has 0 radical (unpaired) electrons. The molecule has 1 N–H and O–H groups in total. The summed E-state index contributed by atoms with van der Waals surface area (Å²) in [6, 6.07) is 7.94. The van der Waals surface area contributed by atoms with Crippen LogP contribution in [0.1, 0.15) is 37.3 Å². The van der Waals surface area contributed by atoms with E-state index in [1.165, 1.54) is 2.71 Å². The molecule has 0 spiro atoms. The van der Waals surface area contributed by atoms with Crippen molar-refractivity contribution in [3.05, 3.63) is 35.4 Å². The summed E-state index contributed by atoms with van der Waals surface area (Å²) in [5.41, 5.74) is 1.48. The van der Waals surface area contributed by atoms with Gasteiger partial charge in [0.05, 0.1) is 0 Å². The number of amides is 2. The van der Waals surface area contributed by atoms with Crippen LogP contribution < -0.4 is 0 Å². The van der Waals surface area contributed by atoms with E-state index >= 15 is 0 Å². The predicted molar refractivity (Wildman–Crippen MR) is 83.1 cm³/mol. The third-order valence-electron chi connectivity index (χ3n) is 4.51. The Morgan fingerprint density at radius 1 is 1.38 bits per heavy atom. The minimum atomic E-state index is -1.66. The van der Waals surface area contributed by atoms with Crippen molar-refractivity contribution >= 4 is 39.9 Å². The maximum atomic E-state index is 12.5. The molecule has 0 bridgehead atoms. The molecule has 1 aliphatic rings. The molecule has 1 aliphatic heterocycles. The van der Waals surface area contributed by atoms with Crippen LogP contribution >= 0.6 is 0 Å². The fourth-order valence-electron chi connectivity index (χ4n) is 2.86. The number of carbonyl (C=O) groups is 2. The first-order chi connectivity index (χ1) is 9.93. The third-order valence-corrected chi connectivity index (χ3v) is 7.96. The van der Waals surface area contributed by atoms with Crippen molar-refractivity contribution in [1.29, 1.82) is 0 Å². The number of aliphatic hydroxyl groups excluding tert-OH is 1. The molecule has 0 aromatic heterocycles. The molecule has 0 aliphatic carbocycles. The standard InChI is InChI=1S/C15H19NO3.CH2.Tl/c1-10(15(2)9-13(18)16-14(15)19)12-5-3-11(4-6-12)7-8-17;;/h3-6,10,17H,7-9H2,1-2H3,(H,16,18,19);1H2;/q;;+1/p-1/t10-,15+;;/m1../s1. The van der Waals surface area contributed by atoms with Crippen molar-refractivity contribution in [2.45, 2.75) is 32.6 Å². The van der Waals surface area contributed by atoms with Crippen LogP contribution in [0.5, 0.6) is 0 Å². The van der Waals surface area contributed by atoms with E-state index in [1.807, 2.05) is 38.1 Å². The van der Waals surface area contributed by atoms with E-state index in [2.05, 4.69) is 4.06 Å². The number of nitrogens with zero attached hydrogens (tertiary/aromatic N) is 1. The minimum absolute atomic E-state index is 0.0142. The van der Waals surface area contributed by atoms with Gasteiger partial charge in [-0.3, -0.25) is 0 Å². The monoisotopic (exact) mass is 479 g/mol. The number of benzene rings is 1. The van der Waals surface area contributed by atoms with Crippen LogP contribution in [0.25, 0.3) is 0 Å². The Kier molecular flexibility index (Phi) is 5.08. The van der Waals surface area contributed by atoms with E-state index in [4.69, 9.17) is 5.11 Å². The average molecular weight is 479 g/mol. The van der Waals surface area contributed by atoms with Crippen molar-refractivity contribution in [2.24, 2.45) is 5.41 Å². The molecule has 2 amide bonds. The van der Waals surface area contributed by atoms with Gasteiger partial charge >= 0.3 is 137 Å². The summed E-state index contributed by atoms with van der Waals surface area (Å²) in [6.07, 6.45) is 0.921. The Morgan fingerprint density at radius 2 is 2.00 bits per heavy atom. The quantitative estimate of drug-likeness (QED) is 0.510. The molecule has 1 aromatic rings. The molecular weight excluding hydrogens is 459 g/mol. The topological polar surface area (TPSA) is 57.6 Å². The molecule has 21 heavy (non-hydrogen) atoms. The zero-order valence-corrected chi connectivity index (χ0v) is 17.0. The van der Waals surface area contributed by atoms with E-state index in [0.717, 1.165) is 11.1 Å². The molecule has 2 rings (SSSR count). The first-order valence-corrected chi connectivity index (χ1v) is 12.3. The van der Waals surface area contributed by atoms with Crippen molar-refractivity contribution in [2.75, 3.05) is 6.61 Å². The number of aliphatic hydroxyl groups is 1. The normalized spacial score (nSPS) is 23.3. The van der Waals surface area contributed by atoms with Gasteiger partial charge in [-0.05, 0) is 0 Å². The summed E-state index contributed by atoms with van der Waals surface area (Å²) in [5, 5.41) is 8.94. The Balaban J connectivity index is 2.26. The van der Waals surface area contributed by atoms with Crippen LogP contribution in [-0.2, 0) is 16.0 Å². The van der Waals surface area contributed by atoms with Gasteiger partial charge in [-0.25, -0.2) is 0 Å². The van der Waals surface area contributed by atoms with Crippen LogP contribution in [0.3, 0.4) is 0 Å².